The van der Waals surface area contributed by atoms with Gasteiger partial charge in [0.25, 0.3) is 0 Å². The zero-order valence-electron chi connectivity index (χ0n) is 11.8. The van der Waals surface area contributed by atoms with Gasteiger partial charge in [-0.25, -0.2) is 0 Å². The topological polar surface area (TPSA) is 55.1 Å². The third-order valence-electron chi connectivity index (χ3n) is 4.08. The number of nitrogens with one attached hydrogen (secondary N) is 1. The van der Waals surface area contributed by atoms with Crippen molar-refractivity contribution in [3.8, 4) is 0 Å². The lowest BCUT2D eigenvalue weighted by atomic mass is 9.97. The Kier molecular flexibility index (Phi) is 4.56. The zero-order chi connectivity index (χ0) is 15.6. The summed E-state index contributed by atoms with van der Waals surface area (Å²) in [7, 11) is 0. The third-order valence-corrected chi connectivity index (χ3v) is 4.08. The van der Waals surface area contributed by atoms with Crippen molar-refractivity contribution in [1.29, 1.82) is 0 Å². The highest BCUT2D eigenvalue weighted by Gasteiger charge is 2.36. The van der Waals surface area contributed by atoms with Gasteiger partial charge in [0, 0.05) is 12.5 Å². The van der Waals surface area contributed by atoms with Crippen LogP contribution in [0, 0.1) is 11.8 Å². The highest BCUT2D eigenvalue weighted by atomic mass is 19.4. The standard InChI is InChI=1S/C15H19F3N2O/c1-9-3-2-4-11(9)14(21)20-13-6-5-10(8-19)7-12(13)15(16,17)18/h5-7,9,11H,2-4,8,19H2,1H3,(H,20,21). The van der Waals surface area contributed by atoms with Gasteiger partial charge < -0.3 is 11.1 Å². The van der Waals surface area contributed by atoms with Gasteiger partial charge in [-0.3, -0.25) is 4.79 Å². The first-order valence-corrected chi connectivity index (χ1v) is 7.04. The highest BCUT2D eigenvalue weighted by molar-refractivity contribution is 5.93. The molecule has 6 heteroatoms. The van der Waals surface area contributed by atoms with Gasteiger partial charge in [-0.05, 0) is 36.5 Å². The van der Waals surface area contributed by atoms with Crippen molar-refractivity contribution in [2.75, 3.05) is 5.32 Å². The van der Waals surface area contributed by atoms with Crippen LogP contribution >= 0.6 is 0 Å². The van der Waals surface area contributed by atoms with Crippen LogP contribution in [0.4, 0.5) is 18.9 Å². The average Bonchev–Trinajstić information content (AvgIpc) is 2.84. The Morgan fingerprint density at radius 2 is 2.10 bits per heavy atom. The first kappa shape index (κ1) is 15.8. The molecule has 1 aromatic carbocycles. The summed E-state index contributed by atoms with van der Waals surface area (Å²) >= 11 is 0. The van der Waals surface area contributed by atoms with E-state index in [0.29, 0.717) is 5.56 Å². The van der Waals surface area contributed by atoms with Gasteiger partial charge in [0.05, 0.1) is 11.3 Å². The van der Waals surface area contributed by atoms with E-state index >= 15 is 0 Å². The molecule has 1 fully saturated rings. The second kappa shape index (κ2) is 6.05. The average molecular weight is 300 g/mol. The molecule has 0 radical (unpaired) electrons. The van der Waals surface area contributed by atoms with E-state index in [-0.39, 0.29) is 30.0 Å². The van der Waals surface area contributed by atoms with Crippen molar-refractivity contribution in [2.45, 2.75) is 38.9 Å². The summed E-state index contributed by atoms with van der Waals surface area (Å²) < 4.78 is 39.2. The van der Waals surface area contributed by atoms with Crippen LogP contribution in [0.3, 0.4) is 0 Å². The minimum absolute atomic E-state index is 0.0248. The summed E-state index contributed by atoms with van der Waals surface area (Å²) in [4.78, 5) is 12.2. The molecule has 2 atom stereocenters. The second-order valence-corrected chi connectivity index (χ2v) is 5.59. The van der Waals surface area contributed by atoms with Gasteiger partial charge in [0.2, 0.25) is 5.91 Å². The normalized spacial score (nSPS) is 22.3. The van der Waals surface area contributed by atoms with E-state index in [1.807, 2.05) is 6.92 Å². The Morgan fingerprint density at radius 3 is 2.62 bits per heavy atom. The number of alkyl halides is 3. The Bertz CT molecular complexity index is 528. The smallest absolute Gasteiger partial charge is 0.326 e. The largest absolute Gasteiger partial charge is 0.418 e. The molecule has 0 aromatic heterocycles. The van der Waals surface area contributed by atoms with E-state index in [0.717, 1.165) is 25.3 Å². The number of hydrogen-bond donors (Lipinski definition) is 2. The summed E-state index contributed by atoms with van der Waals surface area (Å²) in [5.41, 5.74) is 4.73. The van der Waals surface area contributed by atoms with Crippen molar-refractivity contribution >= 4 is 11.6 Å². The van der Waals surface area contributed by atoms with Crippen LogP contribution in [-0.2, 0) is 17.5 Å². The fourth-order valence-corrected chi connectivity index (χ4v) is 2.82. The molecule has 3 N–H and O–H groups in total. The van der Waals surface area contributed by atoms with Gasteiger partial charge in [0.1, 0.15) is 0 Å². The van der Waals surface area contributed by atoms with Crippen LogP contribution in [0.2, 0.25) is 0 Å². The molecule has 0 aliphatic heterocycles. The maximum Gasteiger partial charge on any atom is 0.418 e. The lowest BCUT2D eigenvalue weighted by Gasteiger charge is -2.19. The SMILES string of the molecule is CC1CCCC1C(=O)Nc1ccc(CN)cc1C(F)(F)F. The monoisotopic (exact) mass is 300 g/mol. The maximum atomic E-state index is 13.1. The first-order chi connectivity index (χ1) is 9.82. The molecule has 1 aromatic rings. The number of carbonyl (C=O) groups is 1. The van der Waals surface area contributed by atoms with E-state index < -0.39 is 11.7 Å². The number of amides is 1. The van der Waals surface area contributed by atoms with Crippen LogP contribution in [0.25, 0.3) is 0 Å². The Labute approximate surface area is 121 Å². The number of rotatable bonds is 3. The highest BCUT2D eigenvalue weighted by Crippen LogP contribution is 2.37. The van der Waals surface area contributed by atoms with E-state index in [4.69, 9.17) is 5.73 Å². The second-order valence-electron chi connectivity index (χ2n) is 5.59. The van der Waals surface area contributed by atoms with Gasteiger partial charge in [-0.1, -0.05) is 19.4 Å². The minimum atomic E-state index is -4.52. The van der Waals surface area contributed by atoms with E-state index in [9.17, 15) is 18.0 Å². The van der Waals surface area contributed by atoms with Gasteiger partial charge in [0.15, 0.2) is 0 Å². The fourth-order valence-electron chi connectivity index (χ4n) is 2.82. The molecule has 21 heavy (non-hydrogen) atoms. The summed E-state index contributed by atoms with van der Waals surface area (Å²) in [5.74, 6) is -0.325. The quantitative estimate of drug-likeness (QED) is 0.897. The number of carbonyl (C=O) groups excluding carboxylic acids is 1. The number of anilines is 1. The molecule has 0 heterocycles. The molecule has 3 nitrogen and oxygen atoms in total. The van der Waals surface area contributed by atoms with Crippen molar-refractivity contribution in [3.63, 3.8) is 0 Å². The van der Waals surface area contributed by atoms with Crippen LogP contribution in [0.1, 0.15) is 37.3 Å². The maximum absolute atomic E-state index is 13.1. The molecule has 0 spiro atoms. The Morgan fingerprint density at radius 1 is 1.38 bits per heavy atom. The Hall–Kier alpha value is -1.56. The summed E-state index contributed by atoms with van der Waals surface area (Å²) in [5, 5.41) is 2.44. The molecule has 2 unspecified atom stereocenters. The van der Waals surface area contributed by atoms with Crippen molar-refractivity contribution in [3.05, 3.63) is 29.3 Å². The molecule has 1 amide bonds. The van der Waals surface area contributed by atoms with Gasteiger partial charge in [-0.15, -0.1) is 0 Å². The van der Waals surface area contributed by atoms with Crippen LogP contribution in [0.5, 0.6) is 0 Å². The molecule has 1 saturated carbocycles. The number of nitrogens with two attached hydrogens (primary N) is 1. The predicted molar refractivity (Wildman–Crippen MR) is 74.5 cm³/mol. The van der Waals surface area contributed by atoms with Crippen molar-refractivity contribution < 1.29 is 18.0 Å². The molecular formula is C15H19F3N2O. The number of benzene rings is 1. The lowest BCUT2D eigenvalue weighted by Crippen LogP contribution is -2.26. The number of halogens is 3. The molecule has 0 saturated heterocycles. The molecular weight excluding hydrogens is 281 g/mol. The van der Waals surface area contributed by atoms with Crippen LogP contribution in [0.15, 0.2) is 18.2 Å². The van der Waals surface area contributed by atoms with E-state index in [2.05, 4.69) is 5.32 Å². The molecule has 116 valence electrons. The number of hydrogen-bond acceptors (Lipinski definition) is 2. The summed E-state index contributed by atoms with van der Waals surface area (Å²) in [6.45, 7) is 1.98. The van der Waals surface area contributed by atoms with E-state index in [1.165, 1.54) is 12.1 Å². The zero-order valence-corrected chi connectivity index (χ0v) is 11.8. The van der Waals surface area contributed by atoms with Crippen molar-refractivity contribution in [2.24, 2.45) is 17.6 Å². The minimum Gasteiger partial charge on any atom is -0.326 e. The first-order valence-electron chi connectivity index (χ1n) is 7.04. The summed E-state index contributed by atoms with van der Waals surface area (Å²) in [6, 6.07) is 3.78. The predicted octanol–water partition coefficient (Wildman–Crippen LogP) is 3.54. The Balaban J connectivity index is 2.25. The van der Waals surface area contributed by atoms with Crippen LogP contribution < -0.4 is 11.1 Å². The van der Waals surface area contributed by atoms with Crippen molar-refractivity contribution in [1.82, 2.24) is 0 Å². The fraction of sp³-hybridized carbons (Fsp3) is 0.533. The molecule has 0 bridgehead atoms. The summed E-state index contributed by atoms with van der Waals surface area (Å²) in [6.07, 6.45) is -1.90. The van der Waals surface area contributed by atoms with Gasteiger partial charge >= 0.3 is 6.18 Å². The molecule has 1 aliphatic rings. The molecule has 1 aliphatic carbocycles. The lowest BCUT2D eigenvalue weighted by molar-refractivity contribution is -0.137. The van der Waals surface area contributed by atoms with E-state index in [1.54, 1.807) is 0 Å². The third kappa shape index (κ3) is 3.56. The molecule has 2 rings (SSSR count). The van der Waals surface area contributed by atoms with Crippen LogP contribution in [-0.4, -0.2) is 5.91 Å². The van der Waals surface area contributed by atoms with Gasteiger partial charge in [-0.2, -0.15) is 13.2 Å².